The number of aliphatic hydroxyl groups excluding tert-OH is 1. The van der Waals surface area contributed by atoms with Crippen molar-refractivity contribution in [1.29, 1.82) is 0 Å². The first-order valence-corrected chi connectivity index (χ1v) is 6.52. The zero-order valence-corrected chi connectivity index (χ0v) is 9.50. The first-order chi connectivity index (χ1) is 7.55. The van der Waals surface area contributed by atoms with Crippen LogP contribution in [0.5, 0.6) is 0 Å². The van der Waals surface area contributed by atoms with Crippen LogP contribution in [-0.2, 0) is 16.6 Å². The van der Waals surface area contributed by atoms with Crippen LogP contribution in [0.2, 0.25) is 0 Å². The topological polar surface area (TPSA) is 66.4 Å². The highest BCUT2D eigenvalue weighted by molar-refractivity contribution is 7.89. The highest BCUT2D eigenvalue weighted by Gasteiger charge is 2.10. The van der Waals surface area contributed by atoms with Gasteiger partial charge in [0.05, 0.1) is 5.75 Å². The summed E-state index contributed by atoms with van der Waals surface area (Å²) < 4.78 is 38.1. The zero-order chi connectivity index (χ0) is 12.0. The third-order valence-corrected chi connectivity index (χ3v) is 3.42. The second-order valence-electron chi connectivity index (χ2n) is 3.31. The van der Waals surface area contributed by atoms with Crippen LogP contribution in [0.3, 0.4) is 0 Å². The standard InChI is InChI=1S/C10H14FNO3S/c11-10-5-2-1-4-9(10)8-12-16(14,15)7-3-6-13/h1-2,4-5,12-13H,3,6-8H2. The minimum Gasteiger partial charge on any atom is -0.396 e. The van der Waals surface area contributed by atoms with Crippen LogP contribution in [0.4, 0.5) is 4.39 Å². The van der Waals surface area contributed by atoms with Gasteiger partial charge in [-0.15, -0.1) is 0 Å². The fourth-order valence-electron chi connectivity index (χ4n) is 1.16. The Morgan fingerprint density at radius 2 is 2.00 bits per heavy atom. The van der Waals surface area contributed by atoms with E-state index in [0.717, 1.165) is 0 Å². The summed E-state index contributed by atoms with van der Waals surface area (Å²) in [6.07, 6.45) is 0.173. The molecule has 16 heavy (non-hydrogen) atoms. The molecule has 0 fully saturated rings. The van der Waals surface area contributed by atoms with Gasteiger partial charge in [0.2, 0.25) is 10.0 Å². The lowest BCUT2D eigenvalue weighted by atomic mass is 10.2. The van der Waals surface area contributed by atoms with Crippen LogP contribution in [0, 0.1) is 5.82 Å². The molecule has 0 saturated carbocycles. The smallest absolute Gasteiger partial charge is 0.211 e. The fourth-order valence-corrected chi connectivity index (χ4v) is 2.19. The summed E-state index contributed by atoms with van der Waals surface area (Å²) in [5.41, 5.74) is 0.301. The van der Waals surface area contributed by atoms with E-state index in [1.807, 2.05) is 0 Å². The van der Waals surface area contributed by atoms with Crippen LogP contribution in [0.15, 0.2) is 24.3 Å². The molecule has 0 radical (unpaired) electrons. The average molecular weight is 247 g/mol. The van der Waals surface area contributed by atoms with Crippen LogP contribution >= 0.6 is 0 Å². The Labute approximate surface area is 94.2 Å². The van der Waals surface area contributed by atoms with Gasteiger partial charge in [-0.2, -0.15) is 0 Å². The van der Waals surface area contributed by atoms with Crippen LogP contribution in [0.1, 0.15) is 12.0 Å². The summed E-state index contributed by atoms with van der Waals surface area (Å²) in [7, 11) is -3.44. The number of nitrogens with one attached hydrogen (secondary N) is 1. The Hall–Kier alpha value is -0.980. The first-order valence-electron chi connectivity index (χ1n) is 4.87. The Morgan fingerprint density at radius 1 is 1.31 bits per heavy atom. The van der Waals surface area contributed by atoms with Crippen LogP contribution < -0.4 is 4.72 Å². The normalized spacial score (nSPS) is 11.6. The second-order valence-corrected chi connectivity index (χ2v) is 5.23. The molecule has 0 bridgehead atoms. The van der Waals surface area contributed by atoms with Crippen LogP contribution in [0.25, 0.3) is 0 Å². The number of halogens is 1. The number of hydrogen-bond donors (Lipinski definition) is 2. The van der Waals surface area contributed by atoms with Crippen molar-refractivity contribution in [3.05, 3.63) is 35.6 Å². The maximum Gasteiger partial charge on any atom is 0.211 e. The summed E-state index contributed by atoms with van der Waals surface area (Å²) in [4.78, 5) is 0. The number of benzene rings is 1. The van der Waals surface area contributed by atoms with Crippen LogP contribution in [-0.4, -0.2) is 25.9 Å². The molecule has 0 aromatic heterocycles. The van der Waals surface area contributed by atoms with E-state index in [1.165, 1.54) is 12.1 Å². The van der Waals surface area contributed by atoms with E-state index in [1.54, 1.807) is 12.1 Å². The highest BCUT2D eigenvalue weighted by atomic mass is 32.2. The molecule has 0 aliphatic carbocycles. The molecule has 0 saturated heterocycles. The molecule has 0 amide bonds. The van der Waals surface area contributed by atoms with E-state index in [9.17, 15) is 12.8 Å². The number of rotatable bonds is 6. The number of sulfonamides is 1. The van der Waals surface area contributed by atoms with Crippen molar-refractivity contribution in [1.82, 2.24) is 4.72 Å². The van der Waals surface area contributed by atoms with Gasteiger partial charge in [0.1, 0.15) is 5.82 Å². The highest BCUT2D eigenvalue weighted by Crippen LogP contribution is 2.06. The van der Waals surface area contributed by atoms with Gasteiger partial charge in [0, 0.05) is 18.7 Å². The second kappa shape index (κ2) is 5.93. The third kappa shape index (κ3) is 4.26. The monoisotopic (exact) mass is 247 g/mol. The molecule has 0 unspecified atom stereocenters. The van der Waals surface area contributed by atoms with Gasteiger partial charge in [-0.05, 0) is 12.5 Å². The van der Waals surface area contributed by atoms with Crippen molar-refractivity contribution in [2.45, 2.75) is 13.0 Å². The molecule has 1 aromatic carbocycles. The maximum atomic E-state index is 13.1. The number of hydrogen-bond acceptors (Lipinski definition) is 3. The van der Waals surface area contributed by atoms with Crippen molar-refractivity contribution < 1.29 is 17.9 Å². The molecule has 1 aromatic rings. The van der Waals surface area contributed by atoms with E-state index in [-0.39, 0.29) is 25.3 Å². The molecule has 0 aliphatic rings. The molecule has 1 rings (SSSR count). The van der Waals surface area contributed by atoms with E-state index < -0.39 is 15.8 Å². The molecule has 0 aliphatic heterocycles. The summed E-state index contributed by atoms with van der Waals surface area (Å²) >= 11 is 0. The molecule has 2 N–H and O–H groups in total. The Morgan fingerprint density at radius 3 is 2.62 bits per heavy atom. The third-order valence-electron chi connectivity index (χ3n) is 2.01. The van der Waals surface area contributed by atoms with Crippen molar-refractivity contribution in [3.63, 3.8) is 0 Å². The van der Waals surface area contributed by atoms with Gasteiger partial charge in [-0.1, -0.05) is 18.2 Å². The lowest BCUT2D eigenvalue weighted by Crippen LogP contribution is -2.26. The zero-order valence-electron chi connectivity index (χ0n) is 8.69. The summed E-state index contributed by atoms with van der Waals surface area (Å²) in [5, 5.41) is 8.51. The van der Waals surface area contributed by atoms with Gasteiger partial charge in [0.15, 0.2) is 0 Å². The Bertz CT molecular complexity index is 433. The maximum absolute atomic E-state index is 13.1. The molecule has 0 spiro atoms. The van der Waals surface area contributed by atoms with Gasteiger partial charge < -0.3 is 5.11 Å². The average Bonchev–Trinajstić information content (AvgIpc) is 2.26. The van der Waals surface area contributed by atoms with E-state index >= 15 is 0 Å². The van der Waals surface area contributed by atoms with Crippen molar-refractivity contribution >= 4 is 10.0 Å². The van der Waals surface area contributed by atoms with Crippen molar-refractivity contribution in [2.24, 2.45) is 0 Å². The molecule has 90 valence electrons. The SMILES string of the molecule is O=S(=O)(CCCO)NCc1ccccc1F. The summed E-state index contributed by atoms with van der Waals surface area (Å²) in [5.74, 6) is -0.592. The molecule has 0 atom stereocenters. The van der Waals surface area contributed by atoms with E-state index in [2.05, 4.69) is 4.72 Å². The van der Waals surface area contributed by atoms with Crippen molar-refractivity contribution in [3.8, 4) is 0 Å². The largest absolute Gasteiger partial charge is 0.396 e. The van der Waals surface area contributed by atoms with E-state index in [0.29, 0.717) is 5.56 Å². The minimum atomic E-state index is -3.44. The Kier molecular flexibility index (Phi) is 4.85. The molecular weight excluding hydrogens is 233 g/mol. The lowest BCUT2D eigenvalue weighted by Gasteiger charge is -2.06. The van der Waals surface area contributed by atoms with Gasteiger partial charge in [-0.3, -0.25) is 0 Å². The first kappa shape index (κ1) is 13.1. The predicted octanol–water partition coefficient (Wildman–Crippen LogP) is 0.627. The minimum absolute atomic E-state index is 0.0690. The fraction of sp³-hybridized carbons (Fsp3) is 0.400. The predicted molar refractivity (Wildman–Crippen MR) is 58.7 cm³/mol. The Balaban J connectivity index is 2.55. The van der Waals surface area contributed by atoms with Gasteiger partial charge >= 0.3 is 0 Å². The summed E-state index contributed by atoms with van der Waals surface area (Å²) in [6, 6.07) is 5.97. The quantitative estimate of drug-likeness (QED) is 0.774. The molecule has 6 heteroatoms. The molecule has 4 nitrogen and oxygen atoms in total. The van der Waals surface area contributed by atoms with Gasteiger partial charge in [0.25, 0.3) is 0 Å². The van der Waals surface area contributed by atoms with E-state index in [4.69, 9.17) is 5.11 Å². The lowest BCUT2D eigenvalue weighted by molar-refractivity contribution is 0.295. The van der Waals surface area contributed by atoms with Gasteiger partial charge in [-0.25, -0.2) is 17.5 Å². The molecular formula is C10H14FNO3S. The number of aliphatic hydroxyl groups is 1. The van der Waals surface area contributed by atoms with Crippen molar-refractivity contribution in [2.75, 3.05) is 12.4 Å². The summed E-state index contributed by atoms with van der Waals surface area (Å²) in [6.45, 7) is -0.249. The molecule has 0 heterocycles.